The van der Waals surface area contributed by atoms with Gasteiger partial charge in [-0.3, -0.25) is 14.4 Å². The summed E-state index contributed by atoms with van der Waals surface area (Å²) in [6.45, 7) is 13.8. The standard InChI is InChI=1S/C54H91N5O22S/c1-3-78-50(62)40-80-44-37-43(38-45(39-44)81-41-51(63)79-4-2)53(64)57-11-10-55-49(61)9-13-66-15-17-68-19-21-70-23-25-72-27-29-74-31-33-76-35-36-77-34-32-75-30-28-73-26-24-71-22-20-69-18-16-67-14-12-56-48(60)8-6-5-7-47-52-46(42-82-47)58-54(65)59-52/h37-39,46-47,52H,3-36,40-42H2,1-2H3,(H,55,61)(H,56,60)(H,57,64)(H2,58,59,65)/t46-,47-,52-/m0/s1. The average Bonchev–Trinajstić information content (AvgIpc) is 4.14. The second-order valence-electron chi connectivity index (χ2n) is 17.8. The molecule has 0 bridgehead atoms. The lowest BCUT2D eigenvalue weighted by molar-refractivity contribution is -0.146. The van der Waals surface area contributed by atoms with Crippen molar-refractivity contribution >= 4 is 47.5 Å². The van der Waals surface area contributed by atoms with E-state index in [1.807, 2.05) is 11.8 Å². The summed E-state index contributed by atoms with van der Waals surface area (Å²) in [7, 11) is 0. The van der Waals surface area contributed by atoms with Gasteiger partial charge in [0.2, 0.25) is 11.8 Å². The lowest BCUT2D eigenvalue weighted by Gasteiger charge is -2.16. The van der Waals surface area contributed by atoms with Crippen LogP contribution in [0.15, 0.2) is 18.2 Å². The highest BCUT2D eigenvalue weighted by Gasteiger charge is 2.42. The Morgan fingerprint density at radius 2 is 0.866 bits per heavy atom. The Morgan fingerprint density at radius 3 is 1.30 bits per heavy atom. The van der Waals surface area contributed by atoms with Gasteiger partial charge in [0.15, 0.2) is 13.2 Å². The number of hydrogen-bond acceptors (Lipinski definition) is 23. The summed E-state index contributed by atoms with van der Waals surface area (Å²) < 4.78 is 86.7. The summed E-state index contributed by atoms with van der Waals surface area (Å²) >= 11 is 1.89. The van der Waals surface area contributed by atoms with Gasteiger partial charge in [0.25, 0.3) is 5.91 Å². The van der Waals surface area contributed by atoms with E-state index in [0.717, 1.165) is 25.0 Å². The number of carbonyl (C=O) groups excluding carboxylic acids is 6. The Kier molecular flexibility index (Phi) is 43.4. The van der Waals surface area contributed by atoms with E-state index in [9.17, 15) is 28.8 Å². The molecular formula is C54H91N5O22S. The number of nitrogens with one attached hydrogen (secondary N) is 5. The molecule has 0 spiro atoms. The Morgan fingerprint density at radius 1 is 0.476 bits per heavy atom. The van der Waals surface area contributed by atoms with Crippen LogP contribution in [0, 0.1) is 0 Å². The summed E-state index contributed by atoms with van der Waals surface area (Å²) in [6, 6.07) is 4.62. The molecule has 2 heterocycles. The topological polar surface area (TPSA) is 310 Å². The predicted molar refractivity (Wildman–Crippen MR) is 297 cm³/mol. The van der Waals surface area contributed by atoms with Crippen LogP contribution in [0.5, 0.6) is 11.5 Å². The zero-order valence-electron chi connectivity index (χ0n) is 48.0. The number of carbonyl (C=O) groups is 6. The fraction of sp³-hybridized carbons (Fsp3) is 0.778. The van der Waals surface area contributed by atoms with Crippen molar-refractivity contribution in [3.05, 3.63) is 23.8 Å². The highest BCUT2D eigenvalue weighted by atomic mass is 32.2. The maximum atomic E-state index is 12.9. The van der Waals surface area contributed by atoms with Crippen molar-refractivity contribution in [1.29, 1.82) is 0 Å². The summed E-state index contributed by atoms with van der Waals surface area (Å²) in [6.07, 6.45) is 3.41. The first-order valence-electron chi connectivity index (χ1n) is 28.3. The zero-order valence-corrected chi connectivity index (χ0v) is 48.8. The van der Waals surface area contributed by atoms with Gasteiger partial charge in [-0.15, -0.1) is 0 Å². The Labute approximate surface area is 486 Å². The quantitative estimate of drug-likeness (QED) is 0.0343. The van der Waals surface area contributed by atoms with Gasteiger partial charge in [0.05, 0.1) is 184 Å². The normalized spacial score (nSPS) is 15.3. The van der Waals surface area contributed by atoms with E-state index in [-0.39, 0.29) is 99.5 Å². The molecule has 3 rings (SSSR count). The van der Waals surface area contributed by atoms with Gasteiger partial charge in [-0.05, 0) is 38.8 Å². The number of esters is 2. The summed E-state index contributed by atoms with van der Waals surface area (Å²) in [5, 5.41) is 14.7. The molecule has 5 amide bonds. The zero-order chi connectivity index (χ0) is 58.8. The number of urea groups is 1. The van der Waals surface area contributed by atoms with E-state index in [4.69, 9.17) is 75.8 Å². The number of thioether (sulfide) groups is 1. The monoisotopic (exact) mass is 1190 g/mol. The highest BCUT2D eigenvalue weighted by molar-refractivity contribution is 8.00. The molecule has 0 saturated carbocycles. The lowest BCUT2D eigenvalue weighted by atomic mass is 10.0. The van der Waals surface area contributed by atoms with E-state index in [1.165, 1.54) is 18.2 Å². The molecule has 1 aromatic carbocycles. The van der Waals surface area contributed by atoms with Crippen molar-refractivity contribution in [2.45, 2.75) is 63.3 Å². The Balaban J connectivity index is 0.943. The maximum absolute atomic E-state index is 12.9. The van der Waals surface area contributed by atoms with Crippen LogP contribution < -0.4 is 36.1 Å². The van der Waals surface area contributed by atoms with Gasteiger partial charge in [0.1, 0.15) is 11.5 Å². The third-order valence-corrected chi connectivity index (χ3v) is 12.9. The van der Waals surface area contributed by atoms with Gasteiger partial charge in [0, 0.05) is 55.1 Å². The summed E-state index contributed by atoms with van der Waals surface area (Å²) in [4.78, 5) is 72.2. The van der Waals surface area contributed by atoms with Crippen molar-refractivity contribution in [3.8, 4) is 11.5 Å². The minimum Gasteiger partial charge on any atom is -0.482 e. The molecule has 2 aliphatic heterocycles. The fourth-order valence-corrected chi connectivity index (χ4v) is 8.98. The summed E-state index contributed by atoms with van der Waals surface area (Å²) in [5.41, 5.74) is 0.145. The Bertz CT molecular complexity index is 1820. The van der Waals surface area contributed by atoms with Crippen LogP contribution in [-0.4, -0.2) is 263 Å². The van der Waals surface area contributed by atoms with E-state index in [0.29, 0.717) is 170 Å². The maximum Gasteiger partial charge on any atom is 0.344 e. The van der Waals surface area contributed by atoms with E-state index in [2.05, 4.69) is 26.6 Å². The largest absolute Gasteiger partial charge is 0.482 e. The van der Waals surface area contributed by atoms with E-state index < -0.39 is 17.8 Å². The molecule has 2 aliphatic rings. The molecule has 0 radical (unpaired) electrons. The van der Waals surface area contributed by atoms with Crippen LogP contribution in [0.25, 0.3) is 0 Å². The van der Waals surface area contributed by atoms with Gasteiger partial charge >= 0.3 is 18.0 Å². The summed E-state index contributed by atoms with van der Waals surface area (Å²) in [5.74, 6) is -0.645. The van der Waals surface area contributed by atoms with Crippen LogP contribution in [0.3, 0.4) is 0 Å². The van der Waals surface area contributed by atoms with Crippen molar-refractivity contribution in [3.63, 3.8) is 0 Å². The molecular weight excluding hydrogens is 1100 g/mol. The number of ether oxygens (including phenoxy) is 16. The molecule has 0 unspecified atom stereocenters. The van der Waals surface area contributed by atoms with Crippen LogP contribution in [0.2, 0.25) is 0 Å². The smallest absolute Gasteiger partial charge is 0.344 e. The van der Waals surface area contributed by atoms with E-state index in [1.54, 1.807) is 13.8 Å². The van der Waals surface area contributed by atoms with Crippen molar-refractivity contribution in [2.75, 3.05) is 210 Å². The molecule has 1 aromatic rings. The number of unbranched alkanes of at least 4 members (excludes halogenated alkanes) is 1. The molecule has 2 fully saturated rings. The molecule has 0 aliphatic carbocycles. The molecule has 82 heavy (non-hydrogen) atoms. The third kappa shape index (κ3) is 38.2. The van der Waals surface area contributed by atoms with Crippen molar-refractivity contribution in [1.82, 2.24) is 26.6 Å². The number of rotatable bonds is 56. The Hall–Kier alpha value is -4.69. The molecule has 28 heteroatoms. The van der Waals surface area contributed by atoms with Crippen molar-refractivity contribution < 1.29 is 105 Å². The SMILES string of the molecule is CCOC(=O)COc1cc(OCC(=O)OCC)cc(C(=O)NCCNC(=O)CCOCCOCCOCCOCCOCCOCCOCCOCCOCCOCCOCCOCCNC(=O)CCCC[C@@H]2SC[C@@H]3NC(=O)N[C@@H]32)c1. The molecule has 470 valence electrons. The van der Waals surface area contributed by atoms with Crippen molar-refractivity contribution in [2.24, 2.45) is 0 Å². The highest BCUT2D eigenvalue weighted by Crippen LogP contribution is 2.33. The minimum atomic E-state index is -0.591. The molecule has 3 atom stereocenters. The molecule has 2 saturated heterocycles. The third-order valence-electron chi connectivity index (χ3n) is 11.4. The first-order chi connectivity index (χ1) is 40.2. The van der Waals surface area contributed by atoms with E-state index >= 15 is 0 Å². The minimum absolute atomic E-state index is 0.0307. The van der Waals surface area contributed by atoms with Gasteiger partial charge in [-0.2, -0.15) is 11.8 Å². The number of hydrogen-bond donors (Lipinski definition) is 5. The first-order valence-corrected chi connectivity index (χ1v) is 29.4. The van der Waals surface area contributed by atoms with Crippen LogP contribution in [-0.2, 0) is 85.5 Å². The van der Waals surface area contributed by atoms with Gasteiger partial charge in [-0.1, -0.05) is 6.42 Å². The molecule has 27 nitrogen and oxygen atoms in total. The molecule has 0 aromatic heterocycles. The van der Waals surface area contributed by atoms with Crippen LogP contribution in [0.1, 0.15) is 56.3 Å². The first kappa shape index (κ1) is 71.6. The average molecular weight is 1190 g/mol. The second kappa shape index (κ2) is 49.7. The fourth-order valence-electron chi connectivity index (χ4n) is 7.44. The number of benzene rings is 1. The number of amides is 5. The lowest BCUT2D eigenvalue weighted by Crippen LogP contribution is -2.36. The second-order valence-corrected chi connectivity index (χ2v) is 19.1. The van der Waals surface area contributed by atoms with Gasteiger partial charge < -0.3 is 102 Å². The van der Waals surface area contributed by atoms with Gasteiger partial charge in [-0.25, -0.2) is 14.4 Å². The van der Waals surface area contributed by atoms with Crippen LogP contribution in [0.4, 0.5) is 4.79 Å². The number of fused-ring (bicyclic) bond motifs is 1. The predicted octanol–water partition coefficient (Wildman–Crippen LogP) is 0.848. The molecule has 5 N–H and O–H groups in total. The van der Waals surface area contributed by atoms with Crippen LogP contribution >= 0.6 is 11.8 Å².